The molecule has 1 aliphatic carbocycles. The zero-order valence-corrected chi connectivity index (χ0v) is 18.7. The van der Waals surface area contributed by atoms with Crippen LogP contribution in [0.2, 0.25) is 0 Å². The number of rotatable bonds is 6. The van der Waals surface area contributed by atoms with Crippen LogP contribution in [0.25, 0.3) is 11.0 Å². The fraction of sp³-hybridized carbons (Fsp3) is 0.375. The van der Waals surface area contributed by atoms with Gasteiger partial charge in [-0.1, -0.05) is 43.2 Å². The number of aromatic nitrogens is 2. The van der Waals surface area contributed by atoms with E-state index >= 15 is 0 Å². The van der Waals surface area contributed by atoms with E-state index in [0.717, 1.165) is 29.0 Å². The van der Waals surface area contributed by atoms with Gasteiger partial charge in [-0.25, -0.2) is 4.98 Å². The number of hydrogen-bond donors (Lipinski definition) is 2. The highest BCUT2D eigenvalue weighted by atomic mass is 32.2. The second-order valence-corrected chi connectivity index (χ2v) is 9.36. The first-order valence-corrected chi connectivity index (χ1v) is 11.7. The zero-order valence-electron chi connectivity index (χ0n) is 17.9. The molecule has 2 aromatic carbocycles. The van der Waals surface area contributed by atoms with E-state index in [1.807, 2.05) is 19.1 Å². The number of amides is 2. The van der Waals surface area contributed by atoms with Gasteiger partial charge >= 0.3 is 0 Å². The Morgan fingerprint density at radius 2 is 1.65 bits per heavy atom. The van der Waals surface area contributed by atoms with Gasteiger partial charge in [0.05, 0.1) is 16.3 Å². The maximum atomic E-state index is 12.8. The van der Waals surface area contributed by atoms with Crippen LogP contribution in [0.5, 0.6) is 0 Å². The predicted octanol–water partition coefficient (Wildman–Crippen LogP) is 5.62. The van der Waals surface area contributed by atoms with Crippen molar-refractivity contribution in [1.82, 2.24) is 9.55 Å². The third kappa shape index (κ3) is 5.10. The van der Waals surface area contributed by atoms with Crippen molar-refractivity contribution in [3.05, 3.63) is 48.5 Å². The van der Waals surface area contributed by atoms with Crippen molar-refractivity contribution in [2.24, 2.45) is 0 Å². The number of carbonyl (C=O) groups excluding carboxylic acids is 2. The molecule has 1 saturated carbocycles. The number of imidazole rings is 1. The molecule has 4 rings (SSSR count). The molecule has 0 saturated heterocycles. The van der Waals surface area contributed by atoms with Crippen LogP contribution in [0.4, 0.5) is 11.4 Å². The second-order valence-electron chi connectivity index (χ2n) is 8.05. The molecule has 1 aliphatic rings. The molecule has 3 aromatic rings. The highest BCUT2D eigenvalue weighted by Gasteiger charge is 2.24. The summed E-state index contributed by atoms with van der Waals surface area (Å²) in [5, 5.41) is 6.31. The summed E-state index contributed by atoms with van der Waals surface area (Å²) in [6.07, 6.45) is 6.10. The van der Waals surface area contributed by atoms with Gasteiger partial charge in [0.15, 0.2) is 5.16 Å². The molecule has 1 atom stereocenters. The number of fused-ring (bicyclic) bond motifs is 1. The molecule has 1 fully saturated rings. The fourth-order valence-corrected chi connectivity index (χ4v) is 5.09. The van der Waals surface area contributed by atoms with Gasteiger partial charge in [0.1, 0.15) is 0 Å². The Hall–Kier alpha value is -2.80. The quantitative estimate of drug-likeness (QED) is 0.492. The lowest BCUT2D eigenvalue weighted by atomic mass is 9.95. The highest BCUT2D eigenvalue weighted by molar-refractivity contribution is 8.00. The Morgan fingerprint density at radius 3 is 2.32 bits per heavy atom. The minimum Gasteiger partial charge on any atom is -0.326 e. The van der Waals surface area contributed by atoms with Crippen LogP contribution in [-0.4, -0.2) is 26.6 Å². The lowest BCUT2D eigenvalue weighted by Crippen LogP contribution is -2.23. The van der Waals surface area contributed by atoms with Crippen molar-refractivity contribution >= 4 is 46.0 Å². The molecule has 1 heterocycles. The number of nitrogens with zero attached hydrogens (tertiary/aromatic N) is 2. The monoisotopic (exact) mass is 436 g/mol. The smallest absolute Gasteiger partial charge is 0.237 e. The number of carbonyl (C=O) groups is 2. The van der Waals surface area contributed by atoms with Gasteiger partial charge in [-0.15, -0.1) is 0 Å². The zero-order chi connectivity index (χ0) is 21.8. The number of benzene rings is 2. The second kappa shape index (κ2) is 9.56. The fourth-order valence-electron chi connectivity index (χ4n) is 4.09. The first-order valence-electron chi connectivity index (χ1n) is 10.8. The Labute approximate surface area is 186 Å². The normalized spacial score (nSPS) is 15.5. The highest BCUT2D eigenvalue weighted by Crippen LogP contribution is 2.36. The Balaban J connectivity index is 1.49. The summed E-state index contributed by atoms with van der Waals surface area (Å²) in [6.45, 7) is 3.38. The maximum absolute atomic E-state index is 12.8. The van der Waals surface area contributed by atoms with Gasteiger partial charge in [0.25, 0.3) is 0 Å². The number of thioether (sulfide) groups is 1. The molecule has 31 heavy (non-hydrogen) atoms. The topological polar surface area (TPSA) is 76.0 Å². The van der Waals surface area contributed by atoms with E-state index in [2.05, 4.69) is 27.3 Å². The van der Waals surface area contributed by atoms with Crippen LogP contribution in [0, 0.1) is 0 Å². The number of anilines is 2. The van der Waals surface area contributed by atoms with E-state index in [0.29, 0.717) is 17.4 Å². The molecule has 2 N–H and O–H groups in total. The number of hydrogen-bond acceptors (Lipinski definition) is 4. The summed E-state index contributed by atoms with van der Waals surface area (Å²) in [6, 6.07) is 15.8. The van der Waals surface area contributed by atoms with E-state index in [4.69, 9.17) is 4.98 Å². The first kappa shape index (κ1) is 21.4. The molecule has 0 aliphatic heterocycles. The summed E-state index contributed by atoms with van der Waals surface area (Å²) >= 11 is 1.51. The third-order valence-electron chi connectivity index (χ3n) is 5.63. The van der Waals surface area contributed by atoms with E-state index in [1.54, 1.807) is 24.3 Å². The summed E-state index contributed by atoms with van der Waals surface area (Å²) in [5.41, 5.74) is 3.54. The summed E-state index contributed by atoms with van der Waals surface area (Å²) in [7, 11) is 0. The minimum absolute atomic E-state index is 0.0699. The molecule has 0 unspecified atom stereocenters. The molecule has 2 amide bonds. The van der Waals surface area contributed by atoms with Crippen molar-refractivity contribution in [3.63, 3.8) is 0 Å². The minimum atomic E-state index is -0.297. The lowest BCUT2D eigenvalue weighted by Gasteiger charge is -2.25. The number of nitrogens with one attached hydrogen (secondary N) is 2. The van der Waals surface area contributed by atoms with Gasteiger partial charge in [-0.2, -0.15) is 0 Å². The average Bonchev–Trinajstić information content (AvgIpc) is 3.13. The van der Waals surface area contributed by atoms with Gasteiger partial charge in [0.2, 0.25) is 11.8 Å². The van der Waals surface area contributed by atoms with Crippen molar-refractivity contribution in [2.75, 3.05) is 10.6 Å². The molecule has 162 valence electrons. The Bertz CT molecular complexity index is 1070. The number of para-hydroxylation sites is 2. The molecule has 0 spiro atoms. The van der Waals surface area contributed by atoms with Crippen molar-refractivity contribution in [1.29, 1.82) is 0 Å². The Kier molecular flexibility index (Phi) is 6.61. The summed E-state index contributed by atoms with van der Waals surface area (Å²) < 4.78 is 2.35. The molecule has 7 heteroatoms. The molecule has 0 radical (unpaired) electrons. The summed E-state index contributed by atoms with van der Waals surface area (Å²) in [5.74, 6) is -0.192. The largest absolute Gasteiger partial charge is 0.326 e. The Morgan fingerprint density at radius 1 is 1.00 bits per heavy atom. The van der Waals surface area contributed by atoms with Crippen molar-refractivity contribution < 1.29 is 9.59 Å². The molecule has 1 aromatic heterocycles. The molecular weight excluding hydrogens is 408 g/mol. The van der Waals surface area contributed by atoms with Crippen LogP contribution in [0.3, 0.4) is 0 Å². The standard InChI is InChI=1S/C24H28N4O2S/c1-16(23(30)26-19-14-12-18(13-15-19)25-17(2)29)31-24-27-21-10-6-7-11-22(21)28(24)20-8-4-3-5-9-20/h6-7,10-16,20H,3-5,8-9H2,1-2H3,(H,25,29)(H,26,30)/t16-/m1/s1. The van der Waals surface area contributed by atoms with Crippen LogP contribution in [-0.2, 0) is 9.59 Å². The van der Waals surface area contributed by atoms with Crippen molar-refractivity contribution in [3.8, 4) is 0 Å². The third-order valence-corrected chi connectivity index (χ3v) is 6.69. The van der Waals surface area contributed by atoms with Crippen LogP contribution >= 0.6 is 11.8 Å². The van der Waals surface area contributed by atoms with Crippen LogP contribution < -0.4 is 10.6 Å². The predicted molar refractivity (Wildman–Crippen MR) is 127 cm³/mol. The summed E-state index contributed by atoms with van der Waals surface area (Å²) in [4.78, 5) is 28.9. The SMILES string of the molecule is CC(=O)Nc1ccc(NC(=O)[C@@H](C)Sc2nc3ccccc3n2C2CCCCC2)cc1. The van der Waals surface area contributed by atoms with Gasteiger partial charge in [-0.3, -0.25) is 9.59 Å². The molecular formula is C24H28N4O2S. The average molecular weight is 437 g/mol. The van der Waals surface area contributed by atoms with E-state index in [1.165, 1.54) is 37.9 Å². The van der Waals surface area contributed by atoms with E-state index in [-0.39, 0.29) is 17.1 Å². The van der Waals surface area contributed by atoms with Crippen molar-refractivity contribution in [2.45, 2.75) is 62.4 Å². The van der Waals surface area contributed by atoms with E-state index < -0.39 is 0 Å². The first-order chi connectivity index (χ1) is 15.0. The molecule has 0 bridgehead atoms. The van der Waals surface area contributed by atoms with Gasteiger partial charge < -0.3 is 15.2 Å². The maximum Gasteiger partial charge on any atom is 0.237 e. The molecule has 6 nitrogen and oxygen atoms in total. The van der Waals surface area contributed by atoms with Crippen LogP contribution in [0.1, 0.15) is 52.0 Å². The van der Waals surface area contributed by atoms with Gasteiger partial charge in [0, 0.05) is 24.3 Å². The van der Waals surface area contributed by atoms with Gasteiger partial charge in [-0.05, 0) is 56.2 Å². The lowest BCUT2D eigenvalue weighted by molar-refractivity contribution is -0.115. The van der Waals surface area contributed by atoms with E-state index in [9.17, 15) is 9.59 Å². The van der Waals surface area contributed by atoms with Crippen LogP contribution in [0.15, 0.2) is 53.7 Å².